The number of ether oxygens (including phenoxy) is 4. The Morgan fingerprint density at radius 3 is 2.80 bits per heavy atom. The first kappa shape index (κ1) is 19.6. The molecule has 0 atom stereocenters. The summed E-state index contributed by atoms with van der Waals surface area (Å²) in [5, 5.41) is 6.25. The van der Waals surface area contributed by atoms with Crippen molar-refractivity contribution in [2.24, 2.45) is 5.41 Å². The molecular formula is C17H25ClN2O5. The van der Waals surface area contributed by atoms with Gasteiger partial charge < -0.3 is 29.6 Å². The molecule has 2 aliphatic rings. The molecule has 0 radical (unpaired) electrons. The minimum absolute atomic E-state index is 0. The summed E-state index contributed by atoms with van der Waals surface area (Å²) in [5.74, 6) is 2.15. The average Bonchev–Trinajstić information content (AvgIpc) is 3.07. The number of benzene rings is 1. The van der Waals surface area contributed by atoms with Gasteiger partial charge in [0.05, 0.1) is 18.6 Å². The Hall–Kier alpha value is -1.70. The number of methoxy groups -OCH3 is 1. The maximum atomic E-state index is 12.6. The largest absolute Gasteiger partial charge is 0.492 e. The molecule has 2 aliphatic heterocycles. The molecule has 140 valence electrons. The third-order valence-electron chi connectivity index (χ3n) is 4.46. The number of amides is 1. The fraction of sp³-hybridized carbons (Fsp3) is 0.588. The second-order valence-electron chi connectivity index (χ2n) is 6.08. The third-order valence-corrected chi connectivity index (χ3v) is 4.46. The van der Waals surface area contributed by atoms with Gasteiger partial charge in [-0.1, -0.05) is 0 Å². The van der Waals surface area contributed by atoms with E-state index in [-0.39, 0.29) is 25.1 Å². The molecule has 1 amide bonds. The van der Waals surface area contributed by atoms with Gasteiger partial charge in [0.2, 0.25) is 12.7 Å². The molecule has 3 rings (SSSR count). The van der Waals surface area contributed by atoms with E-state index in [1.54, 1.807) is 13.2 Å². The summed E-state index contributed by atoms with van der Waals surface area (Å²) in [6.45, 7) is 3.21. The van der Waals surface area contributed by atoms with Crippen molar-refractivity contribution in [1.82, 2.24) is 10.6 Å². The van der Waals surface area contributed by atoms with Crippen LogP contribution in [0.4, 0.5) is 0 Å². The van der Waals surface area contributed by atoms with Gasteiger partial charge in [0.15, 0.2) is 11.5 Å². The molecule has 1 fully saturated rings. The number of hydrogen-bond acceptors (Lipinski definition) is 6. The minimum atomic E-state index is -0.432. The number of carbonyl (C=O) groups excluding carboxylic acids is 1. The van der Waals surface area contributed by atoms with E-state index in [2.05, 4.69) is 10.6 Å². The maximum Gasteiger partial charge on any atom is 0.231 e. The second kappa shape index (κ2) is 9.12. The lowest BCUT2D eigenvalue weighted by Gasteiger charge is -2.35. The summed E-state index contributed by atoms with van der Waals surface area (Å²) >= 11 is 0. The topological polar surface area (TPSA) is 78.1 Å². The number of hydrogen-bond donors (Lipinski definition) is 2. The van der Waals surface area contributed by atoms with E-state index in [1.807, 2.05) is 12.1 Å². The molecule has 25 heavy (non-hydrogen) atoms. The smallest absolute Gasteiger partial charge is 0.231 e. The Kier molecular flexibility index (Phi) is 7.16. The molecule has 2 heterocycles. The Labute approximate surface area is 153 Å². The van der Waals surface area contributed by atoms with Crippen LogP contribution >= 0.6 is 12.4 Å². The zero-order valence-electron chi connectivity index (χ0n) is 14.3. The van der Waals surface area contributed by atoms with Gasteiger partial charge in [-0.3, -0.25) is 4.79 Å². The number of carbonyl (C=O) groups is 1. The first-order valence-electron chi connectivity index (χ1n) is 8.24. The molecule has 0 aliphatic carbocycles. The second-order valence-corrected chi connectivity index (χ2v) is 6.08. The van der Waals surface area contributed by atoms with Gasteiger partial charge in [-0.15, -0.1) is 12.4 Å². The van der Waals surface area contributed by atoms with Crippen LogP contribution in [-0.2, 0) is 9.53 Å². The van der Waals surface area contributed by atoms with Gasteiger partial charge in [-0.25, -0.2) is 0 Å². The van der Waals surface area contributed by atoms with E-state index in [4.69, 9.17) is 18.9 Å². The number of halogens is 1. The summed E-state index contributed by atoms with van der Waals surface area (Å²) in [6, 6.07) is 5.44. The summed E-state index contributed by atoms with van der Waals surface area (Å²) in [5.41, 5.74) is -0.432. The van der Waals surface area contributed by atoms with Crippen LogP contribution in [-0.4, -0.2) is 52.7 Å². The summed E-state index contributed by atoms with van der Waals surface area (Å²) < 4.78 is 21.5. The highest BCUT2D eigenvalue weighted by atomic mass is 35.5. The van der Waals surface area contributed by atoms with E-state index in [0.717, 1.165) is 31.7 Å². The van der Waals surface area contributed by atoms with E-state index < -0.39 is 5.41 Å². The first-order valence-corrected chi connectivity index (χ1v) is 8.24. The molecule has 0 unspecified atom stereocenters. The van der Waals surface area contributed by atoms with Gasteiger partial charge in [0.25, 0.3) is 0 Å². The molecule has 0 aromatic heterocycles. The van der Waals surface area contributed by atoms with E-state index in [0.29, 0.717) is 31.3 Å². The molecule has 1 aromatic rings. The summed E-state index contributed by atoms with van der Waals surface area (Å²) in [7, 11) is 1.64. The number of rotatable bonds is 7. The molecule has 0 spiro atoms. The quantitative estimate of drug-likeness (QED) is 0.703. The normalized spacial score (nSPS) is 17.5. The Balaban J connectivity index is 0.00000225. The van der Waals surface area contributed by atoms with Crippen molar-refractivity contribution in [3.8, 4) is 17.2 Å². The number of fused-ring (bicyclic) bond motifs is 1. The molecule has 0 saturated carbocycles. The van der Waals surface area contributed by atoms with Crippen molar-refractivity contribution in [3.63, 3.8) is 0 Å². The average molecular weight is 373 g/mol. The Morgan fingerprint density at radius 1 is 1.28 bits per heavy atom. The molecule has 0 bridgehead atoms. The van der Waals surface area contributed by atoms with Crippen molar-refractivity contribution in [2.45, 2.75) is 12.8 Å². The van der Waals surface area contributed by atoms with Crippen molar-refractivity contribution in [1.29, 1.82) is 0 Å². The van der Waals surface area contributed by atoms with E-state index in [1.165, 1.54) is 0 Å². The van der Waals surface area contributed by atoms with Crippen LogP contribution in [0.25, 0.3) is 0 Å². The lowest BCUT2D eigenvalue weighted by Crippen LogP contribution is -2.50. The lowest BCUT2D eigenvalue weighted by molar-refractivity contribution is -0.136. The highest BCUT2D eigenvalue weighted by molar-refractivity contribution is 5.85. The highest BCUT2D eigenvalue weighted by Gasteiger charge is 2.39. The Morgan fingerprint density at radius 2 is 2.04 bits per heavy atom. The van der Waals surface area contributed by atoms with Gasteiger partial charge in [-0.2, -0.15) is 0 Å². The van der Waals surface area contributed by atoms with Crippen molar-refractivity contribution >= 4 is 18.3 Å². The minimum Gasteiger partial charge on any atom is -0.492 e. The molecule has 1 aromatic carbocycles. The van der Waals surface area contributed by atoms with Crippen LogP contribution < -0.4 is 24.8 Å². The van der Waals surface area contributed by atoms with Crippen molar-refractivity contribution in [2.75, 3.05) is 46.8 Å². The maximum absolute atomic E-state index is 12.6. The first-order chi connectivity index (χ1) is 11.7. The van der Waals surface area contributed by atoms with Crippen molar-refractivity contribution < 1.29 is 23.7 Å². The van der Waals surface area contributed by atoms with Gasteiger partial charge >= 0.3 is 0 Å². The summed E-state index contributed by atoms with van der Waals surface area (Å²) in [6.07, 6.45) is 1.57. The van der Waals surface area contributed by atoms with Crippen LogP contribution in [0.3, 0.4) is 0 Å². The molecule has 1 saturated heterocycles. The van der Waals surface area contributed by atoms with Crippen LogP contribution in [0.15, 0.2) is 18.2 Å². The highest BCUT2D eigenvalue weighted by Crippen LogP contribution is 2.35. The number of piperidine rings is 1. The SMILES string of the molecule is COCC1(C(=O)NCCOc2ccc3c(c2)OCO3)CCNCC1.Cl. The van der Waals surface area contributed by atoms with Crippen LogP contribution in [0.1, 0.15) is 12.8 Å². The van der Waals surface area contributed by atoms with Gasteiger partial charge in [0.1, 0.15) is 12.4 Å². The third kappa shape index (κ3) is 4.68. The molecular weight excluding hydrogens is 348 g/mol. The van der Waals surface area contributed by atoms with E-state index in [9.17, 15) is 4.79 Å². The molecule has 7 nitrogen and oxygen atoms in total. The predicted molar refractivity (Wildman–Crippen MR) is 94.7 cm³/mol. The van der Waals surface area contributed by atoms with Gasteiger partial charge in [0, 0.05) is 13.2 Å². The zero-order chi connectivity index (χ0) is 16.8. The van der Waals surface area contributed by atoms with Crippen LogP contribution in [0.5, 0.6) is 17.2 Å². The van der Waals surface area contributed by atoms with Crippen LogP contribution in [0, 0.1) is 5.41 Å². The van der Waals surface area contributed by atoms with E-state index >= 15 is 0 Å². The Bertz CT molecular complexity index is 573. The summed E-state index contributed by atoms with van der Waals surface area (Å²) in [4.78, 5) is 12.6. The molecule has 8 heteroatoms. The monoisotopic (exact) mass is 372 g/mol. The lowest BCUT2D eigenvalue weighted by atomic mass is 9.78. The van der Waals surface area contributed by atoms with Crippen LogP contribution in [0.2, 0.25) is 0 Å². The number of nitrogens with one attached hydrogen (secondary N) is 2. The standard InChI is InChI=1S/C17H24N2O5.ClH/c1-21-11-17(4-6-18-7-5-17)16(20)19-8-9-22-13-2-3-14-15(10-13)24-12-23-14;/h2-3,10,18H,4-9,11-12H2,1H3,(H,19,20);1H. The zero-order valence-corrected chi connectivity index (χ0v) is 15.2. The van der Waals surface area contributed by atoms with Gasteiger partial charge in [-0.05, 0) is 38.1 Å². The predicted octanol–water partition coefficient (Wildman–Crippen LogP) is 1.35. The fourth-order valence-corrected chi connectivity index (χ4v) is 3.11. The fourth-order valence-electron chi connectivity index (χ4n) is 3.11. The molecule has 2 N–H and O–H groups in total. The van der Waals surface area contributed by atoms with Crippen molar-refractivity contribution in [3.05, 3.63) is 18.2 Å².